The van der Waals surface area contributed by atoms with Crippen LogP contribution in [0.5, 0.6) is 0 Å². The van der Waals surface area contributed by atoms with Crippen molar-refractivity contribution in [2.24, 2.45) is 5.41 Å². The van der Waals surface area contributed by atoms with Crippen LogP contribution >= 0.6 is 0 Å². The molecule has 1 heterocycles. The van der Waals surface area contributed by atoms with Crippen LogP contribution in [0.25, 0.3) is 0 Å². The Morgan fingerprint density at radius 3 is 2.56 bits per heavy atom. The molecule has 0 bridgehead atoms. The Kier molecular flexibility index (Phi) is 6.09. The van der Waals surface area contributed by atoms with Crippen molar-refractivity contribution < 1.29 is 9.90 Å². The molecule has 1 aliphatic heterocycles. The summed E-state index contributed by atoms with van der Waals surface area (Å²) in [4.78, 5) is 13.5. The van der Waals surface area contributed by atoms with Gasteiger partial charge in [0.15, 0.2) is 0 Å². The molecule has 1 saturated heterocycles. The number of nitrogens with one attached hydrogen (secondary N) is 1. The van der Waals surface area contributed by atoms with E-state index in [2.05, 4.69) is 26.1 Å². The van der Waals surface area contributed by atoms with Crippen LogP contribution in [0.15, 0.2) is 0 Å². The van der Waals surface area contributed by atoms with Crippen LogP contribution in [0.4, 0.5) is 0 Å². The van der Waals surface area contributed by atoms with Crippen LogP contribution in [0, 0.1) is 5.41 Å². The molecule has 0 spiro atoms. The van der Waals surface area contributed by atoms with Crippen molar-refractivity contribution in [2.75, 3.05) is 26.2 Å². The first-order valence-electron chi connectivity index (χ1n) is 7.19. The highest BCUT2D eigenvalue weighted by molar-refractivity contribution is 5.78. The summed E-state index contributed by atoms with van der Waals surface area (Å²) < 4.78 is 0. The van der Waals surface area contributed by atoms with Crippen molar-refractivity contribution in [3.8, 4) is 0 Å². The second kappa shape index (κ2) is 7.10. The lowest BCUT2D eigenvalue weighted by Gasteiger charge is -2.32. The normalized spacial score (nSPS) is 18.4. The third-order valence-electron chi connectivity index (χ3n) is 4.33. The van der Waals surface area contributed by atoms with E-state index in [1.165, 1.54) is 0 Å². The second-order valence-electron chi connectivity index (χ2n) is 5.59. The number of hydrogen-bond donors (Lipinski definition) is 2. The Morgan fingerprint density at radius 1 is 1.44 bits per heavy atom. The van der Waals surface area contributed by atoms with E-state index in [9.17, 15) is 9.90 Å². The Bertz CT molecular complexity index is 256. The van der Waals surface area contributed by atoms with Gasteiger partial charge in [0.25, 0.3) is 0 Å². The average molecular weight is 256 g/mol. The van der Waals surface area contributed by atoms with Crippen molar-refractivity contribution in [3.05, 3.63) is 0 Å². The Hall–Kier alpha value is -0.610. The molecule has 0 aliphatic carbocycles. The van der Waals surface area contributed by atoms with Gasteiger partial charge in [-0.15, -0.1) is 0 Å². The molecule has 1 aliphatic rings. The van der Waals surface area contributed by atoms with E-state index >= 15 is 0 Å². The van der Waals surface area contributed by atoms with E-state index < -0.39 is 0 Å². The predicted molar refractivity (Wildman–Crippen MR) is 73.4 cm³/mol. The maximum atomic E-state index is 11.5. The fourth-order valence-corrected chi connectivity index (χ4v) is 2.46. The number of likely N-dealkylation sites (tertiary alicyclic amines) is 1. The van der Waals surface area contributed by atoms with Gasteiger partial charge in [-0.3, -0.25) is 4.79 Å². The molecule has 0 aromatic heterocycles. The third kappa shape index (κ3) is 3.95. The molecule has 0 aromatic carbocycles. The summed E-state index contributed by atoms with van der Waals surface area (Å²) in [5.41, 5.74) is -0.0106. The van der Waals surface area contributed by atoms with E-state index in [0.717, 1.165) is 38.9 Å². The van der Waals surface area contributed by atoms with Crippen LogP contribution < -0.4 is 5.32 Å². The van der Waals surface area contributed by atoms with E-state index in [1.807, 2.05) is 4.90 Å². The van der Waals surface area contributed by atoms with Crippen molar-refractivity contribution in [1.82, 2.24) is 10.2 Å². The summed E-state index contributed by atoms with van der Waals surface area (Å²) in [7, 11) is 0. The summed E-state index contributed by atoms with van der Waals surface area (Å²) in [6.07, 6.45) is 3.65. The summed E-state index contributed by atoms with van der Waals surface area (Å²) in [5, 5.41) is 13.0. The minimum atomic E-state index is -0.0106. The summed E-state index contributed by atoms with van der Waals surface area (Å²) in [6, 6.07) is 0.288. The zero-order valence-electron chi connectivity index (χ0n) is 12.0. The lowest BCUT2D eigenvalue weighted by atomic mass is 9.83. The van der Waals surface area contributed by atoms with Crippen molar-refractivity contribution in [2.45, 2.75) is 52.5 Å². The quantitative estimate of drug-likeness (QED) is 0.690. The third-order valence-corrected chi connectivity index (χ3v) is 4.33. The van der Waals surface area contributed by atoms with Gasteiger partial charge in [-0.1, -0.05) is 13.8 Å². The first kappa shape index (κ1) is 15.4. The van der Waals surface area contributed by atoms with Gasteiger partial charge < -0.3 is 15.3 Å². The van der Waals surface area contributed by atoms with Gasteiger partial charge >= 0.3 is 0 Å². The number of carbonyl (C=O) groups is 1. The molecule has 4 nitrogen and oxygen atoms in total. The number of nitrogens with zero attached hydrogens (tertiary/aromatic N) is 1. The predicted octanol–water partition coefficient (Wildman–Crippen LogP) is 1.39. The largest absolute Gasteiger partial charge is 0.396 e. The Morgan fingerprint density at radius 2 is 2.11 bits per heavy atom. The zero-order valence-corrected chi connectivity index (χ0v) is 12.0. The number of amides is 1. The van der Waals surface area contributed by atoms with Crippen LogP contribution in [-0.2, 0) is 4.79 Å². The van der Waals surface area contributed by atoms with Crippen LogP contribution in [0.1, 0.15) is 46.5 Å². The van der Waals surface area contributed by atoms with Crippen molar-refractivity contribution in [1.29, 1.82) is 0 Å². The first-order chi connectivity index (χ1) is 8.56. The molecule has 2 N–H and O–H groups in total. The van der Waals surface area contributed by atoms with Gasteiger partial charge in [0.1, 0.15) is 0 Å². The van der Waals surface area contributed by atoms with E-state index in [1.54, 1.807) is 0 Å². The fraction of sp³-hybridized carbons (Fsp3) is 0.929. The Labute approximate surface area is 111 Å². The highest BCUT2D eigenvalue weighted by Crippen LogP contribution is 2.24. The maximum Gasteiger partial charge on any atom is 0.222 e. The number of rotatable bonds is 8. The topological polar surface area (TPSA) is 52.6 Å². The lowest BCUT2D eigenvalue weighted by molar-refractivity contribution is -0.127. The smallest absolute Gasteiger partial charge is 0.222 e. The summed E-state index contributed by atoms with van der Waals surface area (Å²) in [5.74, 6) is 0.281. The van der Waals surface area contributed by atoms with Crippen LogP contribution in [0.3, 0.4) is 0 Å². The molecule has 4 heteroatoms. The molecule has 0 radical (unpaired) electrons. The molecule has 1 amide bonds. The molecule has 0 aromatic rings. The minimum absolute atomic E-state index is 0.0106. The summed E-state index contributed by atoms with van der Waals surface area (Å²) in [6.45, 7) is 9.08. The van der Waals surface area contributed by atoms with Crippen molar-refractivity contribution >= 4 is 5.91 Å². The minimum Gasteiger partial charge on any atom is -0.396 e. The van der Waals surface area contributed by atoms with Crippen LogP contribution in [-0.4, -0.2) is 48.2 Å². The standard InChI is InChI=1S/C14H28N2O2/c1-4-14(5-2,11-17)10-15-12(3)9-16-8-6-7-13(16)18/h12,15,17H,4-11H2,1-3H3. The SMILES string of the molecule is CCC(CC)(CO)CNC(C)CN1CCCC1=O. The van der Waals surface area contributed by atoms with Gasteiger partial charge in [0, 0.05) is 44.1 Å². The molecule has 1 rings (SSSR count). The fourth-order valence-electron chi connectivity index (χ4n) is 2.46. The number of aliphatic hydroxyl groups is 1. The molecular weight excluding hydrogens is 228 g/mol. The molecule has 0 saturated carbocycles. The second-order valence-corrected chi connectivity index (χ2v) is 5.59. The van der Waals surface area contributed by atoms with Crippen molar-refractivity contribution in [3.63, 3.8) is 0 Å². The first-order valence-corrected chi connectivity index (χ1v) is 7.19. The average Bonchev–Trinajstić information content (AvgIpc) is 2.77. The maximum absolute atomic E-state index is 11.5. The van der Waals surface area contributed by atoms with E-state index in [4.69, 9.17) is 0 Å². The lowest BCUT2D eigenvalue weighted by Crippen LogP contribution is -2.45. The number of carbonyl (C=O) groups excluding carboxylic acids is 1. The van der Waals surface area contributed by atoms with Crippen LogP contribution in [0.2, 0.25) is 0 Å². The summed E-state index contributed by atoms with van der Waals surface area (Å²) >= 11 is 0. The molecule has 106 valence electrons. The van der Waals surface area contributed by atoms with Gasteiger partial charge in [-0.25, -0.2) is 0 Å². The van der Waals surface area contributed by atoms with E-state index in [0.29, 0.717) is 6.42 Å². The van der Waals surface area contributed by atoms with Gasteiger partial charge in [-0.2, -0.15) is 0 Å². The highest BCUT2D eigenvalue weighted by atomic mass is 16.3. The molecule has 1 atom stereocenters. The van der Waals surface area contributed by atoms with E-state index in [-0.39, 0.29) is 24.0 Å². The number of aliphatic hydroxyl groups excluding tert-OH is 1. The zero-order chi connectivity index (χ0) is 13.6. The van der Waals surface area contributed by atoms with Gasteiger partial charge in [0.05, 0.1) is 0 Å². The molecule has 1 fully saturated rings. The monoisotopic (exact) mass is 256 g/mol. The molecule has 18 heavy (non-hydrogen) atoms. The highest BCUT2D eigenvalue weighted by Gasteiger charge is 2.27. The van der Waals surface area contributed by atoms with Gasteiger partial charge in [-0.05, 0) is 26.2 Å². The number of hydrogen-bond acceptors (Lipinski definition) is 3. The molecule has 1 unspecified atom stereocenters. The van der Waals surface area contributed by atoms with Gasteiger partial charge in [0.2, 0.25) is 5.91 Å². The molecular formula is C14H28N2O2. The Balaban J connectivity index is 2.35.